The standard InChI is InChI=1S/C12H15NO5S/c1-18-10-6-9(7-10)13-19(16,17)11-4-2-8(3-5-11)12(14)15/h2-5,9-10,13H,6-7H2,1H3,(H,14,15). The number of carboxylic acids is 1. The van der Waals surface area contributed by atoms with Gasteiger partial charge in [0.15, 0.2) is 0 Å². The van der Waals surface area contributed by atoms with Gasteiger partial charge in [0.05, 0.1) is 16.6 Å². The summed E-state index contributed by atoms with van der Waals surface area (Å²) in [4.78, 5) is 10.8. The highest BCUT2D eigenvalue weighted by Crippen LogP contribution is 2.24. The van der Waals surface area contributed by atoms with E-state index in [1.165, 1.54) is 24.3 Å². The van der Waals surface area contributed by atoms with Crippen LogP contribution in [-0.2, 0) is 14.8 Å². The summed E-state index contributed by atoms with van der Waals surface area (Å²) in [6.45, 7) is 0. The molecule has 0 saturated heterocycles. The van der Waals surface area contributed by atoms with Crippen molar-refractivity contribution in [2.24, 2.45) is 0 Å². The Morgan fingerprint density at radius 2 is 1.89 bits per heavy atom. The first kappa shape index (κ1) is 14.0. The quantitative estimate of drug-likeness (QED) is 0.836. The van der Waals surface area contributed by atoms with Gasteiger partial charge in [0.25, 0.3) is 0 Å². The Balaban J connectivity index is 2.05. The molecule has 7 heteroatoms. The Bertz CT molecular complexity index is 560. The van der Waals surface area contributed by atoms with Crippen LogP contribution in [0.1, 0.15) is 23.2 Å². The minimum atomic E-state index is -3.59. The molecule has 0 unspecified atom stereocenters. The monoisotopic (exact) mass is 285 g/mol. The second-order valence-corrected chi connectivity index (χ2v) is 6.19. The van der Waals surface area contributed by atoms with E-state index in [9.17, 15) is 13.2 Å². The maximum Gasteiger partial charge on any atom is 0.335 e. The van der Waals surface area contributed by atoms with Crippen molar-refractivity contribution in [1.29, 1.82) is 0 Å². The number of nitrogens with one attached hydrogen (secondary N) is 1. The Hall–Kier alpha value is -1.44. The number of methoxy groups -OCH3 is 1. The predicted octanol–water partition coefficient (Wildman–Crippen LogP) is 0.840. The third-order valence-corrected chi connectivity index (χ3v) is 4.70. The molecular formula is C12H15NO5S. The van der Waals surface area contributed by atoms with E-state index in [2.05, 4.69) is 4.72 Å². The lowest BCUT2D eigenvalue weighted by Gasteiger charge is -2.34. The van der Waals surface area contributed by atoms with E-state index >= 15 is 0 Å². The van der Waals surface area contributed by atoms with Crippen molar-refractivity contribution in [2.75, 3.05) is 7.11 Å². The molecule has 1 saturated carbocycles. The van der Waals surface area contributed by atoms with Crippen LogP contribution in [0.15, 0.2) is 29.2 Å². The highest BCUT2D eigenvalue weighted by Gasteiger charge is 2.32. The molecule has 6 nitrogen and oxygen atoms in total. The number of benzene rings is 1. The van der Waals surface area contributed by atoms with Gasteiger partial charge in [0, 0.05) is 13.2 Å². The SMILES string of the molecule is COC1CC(NS(=O)(=O)c2ccc(C(=O)O)cc2)C1. The number of aromatic carboxylic acids is 1. The molecule has 0 spiro atoms. The molecule has 1 fully saturated rings. The number of carboxylic acid groups (broad SMARTS) is 1. The van der Waals surface area contributed by atoms with E-state index in [0.29, 0.717) is 12.8 Å². The fourth-order valence-electron chi connectivity index (χ4n) is 1.92. The molecule has 1 aromatic rings. The zero-order valence-electron chi connectivity index (χ0n) is 10.4. The number of rotatable bonds is 5. The molecule has 1 aromatic carbocycles. The number of ether oxygens (including phenoxy) is 1. The van der Waals surface area contributed by atoms with E-state index in [1.807, 2.05) is 0 Å². The molecule has 0 bridgehead atoms. The van der Waals surface area contributed by atoms with Crippen LogP contribution in [0.4, 0.5) is 0 Å². The molecule has 0 radical (unpaired) electrons. The summed E-state index contributed by atoms with van der Waals surface area (Å²) in [6.07, 6.45) is 1.42. The molecule has 1 aliphatic carbocycles. The highest BCUT2D eigenvalue weighted by atomic mass is 32.2. The van der Waals surface area contributed by atoms with Crippen LogP contribution in [0.5, 0.6) is 0 Å². The van der Waals surface area contributed by atoms with Crippen molar-refractivity contribution < 1.29 is 23.1 Å². The smallest absolute Gasteiger partial charge is 0.335 e. The summed E-state index contributed by atoms with van der Waals surface area (Å²) in [5.74, 6) is -1.08. The van der Waals surface area contributed by atoms with Gasteiger partial charge in [0.2, 0.25) is 10.0 Å². The molecule has 1 aliphatic rings. The highest BCUT2D eigenvalue weighted by molar-refractivity contribution is 7.89. The van der Waals surface area contributed by atoms with Gasteiger partial charge in [-0.05, 0) is 37.1 Å². The molecule has 2 rings (SSSR count). The third-order valence-electron chi connectivity index (χ3n) is 3.16. The Kier molecular flexibility index (Phi) is 3.88. The van der Waals surface area contributed by atoms with Crippen LogP contribution in [-0.4, -0.2) is 38.7 Å². The van der Waals surface area contributed by atoms with Gasteiger partial charge in [-0.25, -0.2) is 17.9 Å². The fraction of sp³-hybridized carbons (Fsp3) is 0.417. The summed E-state index contributed by atoms with van der Waals surface area (Å²) < 4.78 is 31.7. The first-order valence-electron chi connectivity index (χ1n) is 5.81. The minimum absolute atomic E-state index is 0.0574. The molecule has 0 aliphatic heterocycles. The summed E-state index contributed by atoms with van der Waals surface area (Å²) in [7, 11) is -2.00. The van der Waals surface area contributed by atoms with Crippen LogP contribution in [0.2, 0.25) is 0 Å². The van der Waals surface area contributed by atoms with E-state index in [0.717, 1.165) is 0 Å². The summed E-state index contributed by atoms with van der Waals surface area (Å²) in [5.41, 5.74) is 0.0574. The molecule has 0 amide bonds. The van der Waals surface area contributed by atoms with Crippen molar-refractivity contribution in [3.63, 3.8) is 0 Å². The second-order valence-electron chi connectivity index (χ2n) is 4.48. The summed E-state index contributed by atoms with van der Waals surface area (Å²) in [5, 5.41) is 8.75. The molecule has 0 atom stereocenters. The van der Waals surface area contributed by atoms with Crippen LogP contribution >= 0.6 is 0 Å². The number of sulfonamides is 1. The van der Waals surface area contributed by atoms with Crippen molar-refractivity contribution >= 4 is 16.0 Å². The third kappa shape index (κ3) is 3.12. The average Bonchev–Trinajstić information content (AvgIpc) is 2.33. The van der Waals surface area contributed by atoms with Crippen LogP contribution in [0.25, 0.3) is 0 Å². The molecule has 0 heterocycles. The van der Waals surface area contributed by atoms with Crippen LogP contribution < -0.4 is 4.72 Å². The average molecular weight is 285 g/mol. The lowest BCUT2D eigenvalue weighted by molar-refractivity contribution is 0.0236. The zero-order valence-corrected chi connectivity index (χ0v) is 11.2. The Morgan fingerprint density at radius 3 is 2.37 bits per heavy atom. The zero-order chi connectivity index (χ0) is 14.0. The van der Waals surface area contributed by atoms with Crippen LogP contribution in [0.3, 0.4) is 0 Å². The van der Waals surface area contributed by atoms with Crippen molar-refractivity contribution in [2.45, 2.75) is 29.9 Å². The van der Waals surface area contributed by atoms with Gasteiger partial charge >= 0.3 is 5.97 Å². The number of hydrogen-bond donors (Lipinski definition) is 2. The lowest BCUT2D eigenvalue weighted by Crippen LogP contribution is -2.47. The predicted molar refractivity (Wildman–Crippen MR) is 67.5 cm³/mol. The van der Waals surface area contributed by atoms with Crippen molar-refractivity contribution in [3.05, 3.63) is 29.8 Å². The topological polar surface area (TPSA) is 92.7 Å². The van der Waals surface area contributed by atoms with Gasteiger partial charge in [-0.3, -0.25) is 0 Å². The first-order chi connectivity index (χ1) is 8.92. The van der Waals surface area contributed by atoms with Crippen molar-refractivity contribution in [3.8, 4) is 0 Å². The van der Waals surface area contributed by atoms with E-state index in [4.69, 9.17) is 9.84 Å². The Labute approximate surface area is 111 Å². The molecular weight excluding hydrogens is 270 g/mol. The fourth-order valence-corrected chi connectivity index (χ4v) is 3.18. The van der Waals surface area contributed by atoms with E-state index in [-0.39, 0.29) is 22.6 Å². The van der Waals surface area contributed by atoms with Gasteiger partial charge in [-0.15, -0.1) is 0 Å². The summed E-state index contributed by atoms with van der Waals surface area (Å²) >= 11 is 0. The van der Waals surface area contributed by atoms with Gasteiger partial charge in [-0.1, -0.05) is 0 Å². The van der Waals surface area contributed by atoms with E-state index in [1.54, 1.807) is 7.11 Å². The number of carbonyl (C=O) groups is 1. The van der Waals surface area contributed by atoms with Crippen molar-refractivity contribution in [1.82, 2.24) is 4.72 Å². The molecule has 104 valence electrons. The van der Waals surface area contributed by atoms with Gasteiger partial charge in [0.1, 0.15) is 0 Å². The molecule has 19 heavy (non-hydrogen) atoms. The maximum absolute atomic E-state index is 12.0. The molecule has 0 aromatic heterocycles. The minimum Gasteiger partial charge on any atom is -0.478 e. The lowest BCUT2D eigenvalue weighted by atomic mass is 9.90. The first-order valence-corrected chi connectivity index (χ1v) is 7.29. The normalized spacial score (nSPS) is 22.8. The molecule has 2 N–H and O–H groups in total. The second kappa shape index (κ2) is 5.28. The largest absolute Gasteiger partial charge is 0.478 e. The maximum atomic E-state index is 12.0. The van der Waals surface area contributed by atoms with Gasteiger partial charge < -0.3 is 9.84 Å². The summed E-state index contributed by atoms with van der Waals surface area (Å²) in [6, 6.07) is 5.01. The van der Waals surface area contributed by atoms with Gasteiger partial charge in [-0.2, -0.15) is 0 Å². The van der Waals surface area contributed by atoms with E-state index < -0.39 is 16.0 Å². The van der Waals surface area contributed by atoms with Crippen LogP contribution in [0, 0.1) is 0 Å². The number of hydrogen-bond acceptors (Lipinski definition) is 4. The Morgan fingerprint density at radius 1 is 1.32 bits per heavy atom.